The second-order valence-corrected chi connectivity index (χ2v) is 5.08. The predicted molar refractivity (Wildman–Crippen MR) is 89.9 cm³/mol. The summed E-state index contributed by atoms with van der Waals surface area (Å²) in [6, 6.07) is 11.5. The fraction of sp³-hybridized carbons (Fsp3) is 0.176. The molecule has 0 unspecified atom stereocenters. The Morgan fingerprint density at radius 2 is 1.88 bits per heavy atom. The fourth-order valence-corrected chi connectivity index (χ4v) is 2.10. The maximum absolute atomic E-state index is 12.0. The number of carbonyl (C=O) groups excluding carboxylic acids is 2. The second kappa shape index (κ2) is 8.21. The molecule has 0 atom stereocenters. The highest BCUT2D eigenvalue weighted by Gasteiger charge is 2.15. The lowest BCUT2D eigenvalue weighted by atomic mass is 10.2. The van der Waals surface area contributed by atoms with Crippen LogP contribution in [0.5, 0.6) is 11.5 Å². The lowest BCUT2D eigenvalue weighted by Crippen LogP contribution is -2.21. The standard InChI is InChI=1S/C17H16ClNO5/c1-22-11-7-8-12(17(21)23-2)15(9-11)24-10-16(20)19-14-6-4-3-5-13(14)18/h3-9H,10H2,1-2H3,(H,19,20). The van der Waals surface area contributed by atoms with Crippen molar-refractivity contribution in [2.75, 3.05) is 26.1 Å². The van der Waals surface area contributed by atoms with Crippen LogP contribution in [0.15, 0.2) is 42.5 Å². The molecule has 2 aromatic rings. The van der Waals surface area contributed by atoms with Crippen LogP contribution in [-0.4, -0.2) is 32.7 Å². The Morgan fingerprint density at radius 3 is 2.54 bits per heavy atom. The molecule has 0 bridgehead atoms. The molecule has 0 fully saturated rings. The van der Waals surface area contributed by atoms with Crippen LogP contribution in [-0.2, 0) is 9.53 Å². The Balaban J connectivity index is 2.09. The van der Waals surface area contributed by atoms with Crippen molar-refractivity contribution in [1.82, 2.24) is 0 Å². The average molecular weight is 350 g/mol. The Hall–Kier alpha value is -2.73. The normalized spacial score (nSPS) is 9.96. The number of hydrogen-bond acceptors (Lipinski definition) is 5. The van der Waals surface area contributed by atoms with Crippen molar-refractivity contribution in [2.24, 2.45) is 0 Å². The molecule has 0 saturated carbocycles. The summed E-state index contributed by atoms with van der Waals surface area (Å²) in [4.78, 5) is 23.8. The van der Waals surface area contributed by atoms with Gasteiger partial charge in [0.1, 0.15) is 17.1 Å². The zero-order chi connectivity index (χ0) is 17.5. The van der Waals surface area contributed by atoms with Crippen LogP contribution in [0.1, 0.15) is 10.4 Å². The highest BCUT2D eigenvalue weighted by Crippen LogP contribution is 2.26. The van der Waals surface area contributed by atoms with Gasteiger partial charge in [0.05, 0.1) is 24.9 Å². The summed E-state index contributed by atoms with van der Waals surface area (Å²) in [5.41, 5.74) is 0.676. The van der Waals surface area contributed by atoms with Gasteiger partial charge in [0.25, 0.3) is 5.91 Å². The molecule has 0 spiro atoms. The maximum atomic E-state index is 12.0. The molecule has 1 amide bonds. The van der Waals surface area contributed by atoms with E-state index in [1.165, 1.54) is 26.4 Å². The van der Waals surface area contributed by atoms with Gasteiger partial charge in [-0.3, -0.25) is 4.79 Å². The van der Waals surface area contributed by atoms with Crippen LogP contribution in [0.4, 0.5) is 5.69 Å². The summed E-state index contributed by atoms with van der Waals surface area (Å²) in [6.07, 6.45) is 0. The first-order valence-corrected chi connectivity index (χ1v) is 7.36. The summed E-state index contributed by atoms with van der Waals surface area (Å²) in [5.74, 6) is -0.305. The quantitative estimate of drug-likeness (QED) is 0.811. The Kier molecular flexibility index (Phi) is 6.03. The Bertz CT molecular complexity index is 748. The fourth-order valence-electron chi connectivity index (χ4n) is 1.92. The minimum Gasteiger partial charge on any atom is -0.497 e. The van der Waals surface area contributed by atoms with E-state index in [1.807, 2.05) is 0 Å². The molecule has 0 aliphatic rings. The van der Waals surface area contributed by atoms with Crippen LogP contribution >= 0.6 is 11.6 Å². The smallest absolute Gasteiger partial charge is 0.341 e. The first-order valence-electron chi connectivity index (χ1n) is 6.98. The highest BCUT2D eigenvalue weighted by atomic mass is 35.5. The van der Waals surface area contributed by atoms with E-state index in [1.54, 1.807) is 30.3 Å². The SMILES string of the molecule is COC(=O)c1ccc(OC)cc1OCC(=O)Nc1ccccc1Cl. The number of para-hydroxylation sites is 1. The molecule has 6 nitrogen and oxygen atoms in total. The van der Waals surface area contributed by atoms with Crippen molar-refractivity contribution in [3.63, 3.8) is 0 Å². The number of hydrogen-bond donors (Lipinski definition) is 1. The molecule has 0 heterocycles. The second-order valence-electron chi connectivity index (χ2n) is 4.67. The van der Waals surface area contributed by atoms with Gasteiger partial charge in [-0.1, -0.05) is 23.7 Å². The lowest BCUT2D eigenvalue weighted by molar-refractivity contribution is -0.118. The van der Waals surface area contributed by atoms with Gasteiger partial charge in [0.15, 0.2) is 6.61 Å². The molecule has 126 valence electrons. The molecule has 0 aromatic heterocycles. The number of methoxy groups -OCH3 is 2. The number of amides is 1. The van der Waals surface area contributed by atoms with Crippen molar-refractivity contribution >= 4 is 29.2 Å². The molecule has 0 aliphatic carbocycles. The third-order valence-corrected chi connectivity index (χ3v) is 3.43. The molecular weight excluding hydrogens is 334 g/mol. The zero-order valence-corrected chi connectivity index (χ0v) is 13.9. The summed E-state index contributed by atoms with van der Waals surface area (Å²) in [7, 11) is 2.75. The molecule has 0 saturated heterocycles. The minimum atomic E-state index is -0.570. The van der Waals surface area contributed by atoms with Gasteiger partial charge in [-0.2, -0.15) is 0 Å². The van der Waals surface area contributed by atoms with E-state index < -0.39 is 11.9 Å². The van der Waals surface area contributed by atoms with Gasteiger partial charge in [-0.15, -0.1) is 0 Å². The van der Waals surface area contributed by atoms with Gasteiger partial charge in [0.2, 0.25) is 0 Å². The lowest BCUT2D eigenvalue weighted by Gasteiger charge is -2.12. The van der Waals surface area contributed by atoms with E-state index in [4.69, 9.17) is 25.8 Å². The number of rotatable bonds is 6. The average Bonchev–Trinajstić information content (AvgIpc) is 2.61. The monoisotopic (exact) mass is 349 g/mol. The van der Waals surface area contributed by atoms with Crippen molar-refractivity contribution < 1.29 is 23.8 Å². The molecule has 0 radical (unpaired) electrons. The Labute approximate surface area is 144 Å². The van der Waals surface area contributed by atoms with Crippen LogP contribution in [0, 0.1) is 0 Å². The van der Waals surface area contributed by atoms with Gasteiger partial charge in [-0.25, -0.2) is 4.79 Å². The molecule has 24 heavy (non-hydrogen) atoms. The van der Waals surface area contributed by atoms with Crippen molar-refractivity contribution in [3.8, 4) is 11.5 Å². The molecular formula is C17H16ClNO5. The maximum Gasteiger partial charge on any atom is 0.341 e. The first kappa shape index (κ1) is 17.6. The third kappa shape index (κ3) is 4.39. The van der Waals surface area contributed by atoms with E-state index in [0.717, 1.165) is 0 Å². The topological polar surface area (TPSA) is 73.9 Å². The number of ether oxygens (including phenoxy) is 3. The Morgan fingerprint density at radius 1 is 1.12 bits per heavy atom. The van der Waals surface area contributed by atoms with E-state index >= 15 is 0 Å². The summed E-state index contributed by atoms with van der Waals surface area (Å²) >= 11 is 5.98. The number of nitrogens with one attached hydrogen (secondary N) is 1. The van der Waals surface area contributed by atoms with Crippen LogP contribution in [0.2, 0.25) is 5.02 Å². The van der Waals surface area contributed by atoms with Crippen molar-refractivity contribution in [2.45, 2.75) is 0 Å². The number of esters is 1. The predicted octanol–water partition coefficient (Wildman–Crippen LogP) is 3.15. The molecule has 7 heteroatoms. The molecule has 1 N–H and O–H groups in total. The first-order chi connectivity index (χ1) is 11.5. The number of anilines is 1. The van der Waals surface area contributed by atoms with Crippen molar-refractivity contribution in [1.29, 1.82) is 0 Å². The van der Waals surface area contributed by atoms with Gasteiger partial charge in [0, 0.05) is 6.07 Å². The number of carbonyl (C=O) groups is 2. The highest BCUT2D eigenvalue weighted by molar-refractivity contribution is 6.33. The summed E-state index contributed by atoms with van der Waals surface area (Å²) < 4.78 is 15.2. The third-order valence-electron chi connectivity index (χ3n) is 3.10. The van der Waals surface area contributed by atoms with Crippen LogP contribution in [0.25, 0.3) is 0 Å². The molecule has 2 rings (SSSR count). The largest absolute Gasteiger partial charge is 0.497 e. The van der Waals surface area contributed by atoms with Gasteiger partial charge < -0.3 is 19.5 Å². The number of benzene rings is 2. The van der Waals surface area contributed by atoms with E-state index in [-0.39, 0.29) is 17.9 Å². The van der Waals surface area contributed by atoms with E-state index in [9.17, 15) is 9.59 Å². The van der Waals surface area contributed by atoms with Crippen LogP contribution < -0.4 is 14.8 Å². The molecule has 2 aromatic carbocycles. The minimum absolute atomic E-state index is 0.190. The van der Waals surface area contributed by atoms with Gasteiger partial charge in [-0.05, 0) is 24.3 Å². The van der Waals surface area contributed by atoms with Gasteiger partial charge >= 0.3 is 5.97 Å². The summed E-state index contributed by atoms with van der Waals surface area (Å²) in [5, 5.41) is 3.05. The zero-order valence-electron chi connectivity index (χ0n) is 13.2. The summed E-state index contributed by atoms with van der Waals surface area (Å²) in [6.45, 7) is -0.303. The van der Waals surface area contributed by atoms with Crippen molar-refractivity contribution in [3.05, 3.63) is 53.1 Å². The van der Waals surface area contributed by atoms with E-state index in [2.05, 4.69) is 5.32 Å². The van der Waals surface area contributed by atoms with E-state index in [0.29, 0.717) is 16.5 Å². The van der Waals surface area contributed by atoms with Crippen LogP contribution in [0.3, 0.4) is 0 Å². The molecule has 0 aliphatic heterocycles. The number of halogens is 1.